The van der Waals surface area contributed by atoms with Gasteiger partial charge in [-0.15, -0.1) is 0 Å². The highest BCUT2D eigenvalue weighted by Gasteiger charge is 2.10. The zero-order valence-electron chi connectivity index (χ0n) is 9.34. The Hall–Kier alpha value is -2.23. The molecule has 0 amide bonds. The molecule has 88 valence electrons. The van der Waals surface area contributed by atoms with E-state index in [1.54, 1.807) is 7.11 Å². The van der Waals surface area contributed by atoms with E-state index in [0.717, 1.165) is 28.7 Å². The largest absolute Gasteiger partial charge is 0.497 e. The number of fused-ring (bicyclic) bond motifs is 1. The van der Waals surface area contributed by atoms with Crippen LogP contribution in [0.25, 0.3) is 6.08 Å². The number of hydrogen-bond donors (Lipinski definition) is 1. The van der Waals surface area contributed by atoms with Gasteiger partial charge in [-0.3, -0.25) is 0 Å². The van der Waals surface area contributed by atoms with E-state index in [0.29, 0.717) is 6.61 Å². The molecule has 0 aromatic heterocycles. The van der Waals surface area contributed by atoms with Crippen LogP contribution in [0.4, 0.5) is 0 Å². The van der Waals surface area contributed by atoms with Gasteiger partial charge in [0, 0.05) is 11.6 Å². The van der Waals surface area contributed by atoms with Crippen molar-refractivity contribution in [3.05, 3.63) is 41.5 Å². The van der Waals surface area contributed by atoms with Gasteiger partial charge < -0.3 is 14.6 Å². The maximum Gasteiger partial charge on any atom is 0.328 e. The Morgan fingerprint density at radius 2 is 2.35 bits per heavy atom. The summed E-state index contributed by atoms with van der Waals surface area (Å²) in [4.78, 5) is 10.4. The van der Waals surface area contributed by atoms with Crippen molar-refractivity contribution in [1.82, 2.24) is 0 Å². The molecular formula is C13H12O4. The fourth-order valence-electron chi connectivity index (χ4n) is 1.57. The van der Waals surface area contributed by atoms with Crippen molar-refractivity contribution in [1.29, 1.82) is 0 Å². The lowest BCUT2D eigenvalue weighted by Crippen LogP contribution is -2.06. The Kier molecular flexibility index (Phi) is 3.14. The van der Waals surface area contributed by atoms with E-state index in [-0.39, 0.29) is 0 Å². The Morgan fingerprint density at radius 3 is 3.06 bits per heavy atom. The number of carboxylic acid groups (broad SMARTS) is 1. The van der Waals surface area contributed by atoms with Gasteiger partial charge in [0.25, 0.3) is 0 Å². The minimum Gasteiger partial charge on any atom is -0.497 e. The summed E-state index contributed by atoms with van der Waals surface area (Å²) in [6, 6.07) is 5.51. The lowest BCUT2D eigenvalue weighted by Gasteiger charge is -2.16. The Morgan fingerprint density at radius 1 is 1.53 bits per heavy atom. The monoisotopic (exact) mass is 232 g/mol. The van der Waals surface area contributed by atoms with E-state index in [2.05, 4.69) is 0 Å². The number of aliphatic carboxylic acids is 1. The predicted molar refractivity (Wildman–Crippen MR) is 63.2 cm³/mol. The first-order valence-electron chi connectivity index (χ1n) is 5.11. The number of carbonyl (C=O) groups is 1. The molecule has 17 heavy (non-hydrogen) atoms. The first-order chi connectivity index (χ1) is 8.19. The molecule has 2 rings (SSSR count). The molecule has 0 atom stereocenters. The smallest absolute Gasteiger partial charge is 0.328 e. The first kappa shape index (κ1) is 11.3. The van der Waals surface area contributed by atoms with Crippen molar-refractivity contribution in [3.8, 4) is 11.5 Å². The molecule has 0 spiro atoms. The van der Waals surface area contributed by atoms with E-state index in [9.17, 15) is 4.79 Å². The van der Waals surface area contributed by atoms with Crippen LogP contribution in [0, 0.1) is 0 Å². The van der Waals surface area contributed by atoms with Crippen molar-refractivity contribution in [3.63, 3.8) is 0 Å². The summed E-state index contributed by atoms with van der Waals surface area (Å²) < 4.78 is 10.6. The molecule has 1 aliphatic rings. The second kappa shape index (κ2) is 4.74. The third-order valence-electron chi connectivity index (χ3n) is 2.39. The Balaban J connectivity index is 2.29. The first-order valence-corrected chi connectivity index (χ1v) is 5.11. The van der Waals surface area contributed by atoms with E-state index in [1.165, 1.54) is 6.08 Å². The highest BCUT2D eigenvalue weighted by Crippen LogP contribution is 2.30. The van der Waals surface area contributed by atoms with Gasteiger partial charge in [0.05, 0.1) is 7.11 Å². The van der Waals surface area contributed by atoms with Gasteiger partial charge in [-0.05, 0) is 35.9 Å². The van der Waals surface area contributed by atoms with Crippen LogP contribution in [0.3, 0.4) is 0 Å². The molecule has 4 nitrogen and oxygen atoms in total. The predicted octanol–water partition coefficient (Wildman–Crippen LogP) is 2.11. The Labute approximate surface area is 98.8 Å². The fourth-order valence-corrected chi connectivity index (χ4v) is 1.57. The summed E-state index contributed by atoms with van der Waals surface area (Å²) >= 11 is 0. The molecule has 0 bridgehead atoms. The van der Waals surface area contributed by atoms with Crippen LogP contribution in [0.1, 0.15) is 5.56 Å². The van der Waals surface area contributed by atoms with Crippen molar-refractivity contribution < 1.29 is 19.4 Å². The second-order valence-corrected chi connectivity index (χ2v) is 3.58. The van der Waals surface area contributed by atoms with Crippen LogP contribution in [-0.2, 0) is 4.79 Å². The molecule has 0 aliphatic carbocycles. The molecule has 0 fully saturated rings. The molecule has 1 aromatic rings. The van der Waals surface area contributed by atoms with Gasteiger partial charge in [-0.25, -0.2) is 4.79 Å². The molecule has 0 saturated carbocycles. The molecule has 1 N–H and O–H groups in total. The summed E-state index contributed by atoms with van der Waals surface area (Å²) in [7, 11) is 1.60. The Bertz CT molecular complexity index is 500. The average Bonchev–Trinajstić information content (AvgIpc) is 2.35. The summed E-state index contributed by atoms with van der Waals surface area (Å²) in [6.45, 7) is 0.378. The summed E-state index contributed by atoms with van der Waals surface area (Å²) in [5, 5.41) is 8.55. The van der Waals surface area contributed by atoms with Gasteiger partial charge in [0.2, 0.25) is 0 Å². The molecule has 4 heteroatoms. The van der Waals surface area contributed by atoms with Gasteiger partial charge in [0.15, 0.2) is 0 Å². The number of benzene rings is 1. The SMILES string of the molecule is COc1ccc2c(c1)C=C(C=CC(=O)O)CO2. The molecule has 0 unspecified atom stereocenters. The third kappa shape index (κ3) is 2.66. The number of ether oxygens (including phenoxy) is 2. The summed E-state index contributed by atoms with van der Waals surface area (Å²) in [5.41, 5.74) is 1.70. The molecule has 0 radical (unpaired) electrons. The quantitative estimate of drug-likeness (QED) is 0.811. The lowest BCUT2D eigenvalue weighted by molar-refractivity contribution is -0.131. The van der Waals surface area contributed by atoms with Gasteiger partial charge in [-0.2, -0.15) is 0 Å². The topological polar surface area (TPSA) is 55.8 Å². The van der Waals surface area contributed by atoms with E-state index >= 15 is 0 Å². The van der Waals surface area contributed by atoms with Crippen molar-refractivity contribution >= 4 is 12.0 Å². The van der Waals surface area contributed by atoms with Gasteiger partial charge >= 0.3 is 5.97 Å². The second-order valence-electron chi connectivity index (χ2n) is 3.58. The third-order valence-corrected chi connectivity index (χ3v) is 2.39. The number of rotatable bonds is 3. The summed E-state index contributed by atoms with van der Waals surface area (Å²) in [6.07, 6.45) is 4.52. The zero-order valence-corrected chi connectivity index (χ0v) is 9.34. The van der Waals surface area contributed by atoms with Crippen LogP contribution in [-0.4, -0.2) is 24.8 Å². The molecule has 0 saturated heterocycles. The van der Waals surface area contributed by atoms with Crippen LogP contribution in [0.2, 0.25) is 0 Å². The van der Waals surface area contributed by atoms with E-state index in [4.69, 9.17) is 14.6 Å². The molecule has 1 heterocycles. The number of methoxy groups -OCH3 is 1. The minimum absolute atomic E-state index is 0.378. The molecule has 1 aliphatic heterocycles. The van der Waals surface area contributed by atoms with Crippen LogP contribution in [0.15, 0.2) is 35.9 Å². The molecular weight excluding hydrogens is 220 g/mol. The maximum atomic E-state index is 10.4. The number of carboxylic acids is 1. The van der Waals surface area contributed by atoms with Crippen molar-refractivity contribution in [2.45, 2.75) is 0 Å². The van der Waals surface area contributed by atoms with E-state index in [1.807, 2.05) is 24.3 Å². The fraction of sp³-hybridized carbons (Fsp3) is 0.154. The van der Waals surface area contributed by atoms with Crippen molar-refractivity contribution in [2.24, 2.45) is 0 Å². The van der Waals surface area contributed by atoms with Gasteiger partial charge in [0.1, 0.15) is 18.1 Å². The van der Waals surface area contributed by atoms with Crippen LogP contribution < -0.4 is 9.47 Å². The maximum absolute atomic E-state index is 10.4. The molecule has 1 aromatic carbocycles. The standard InChI is InChI=1S/C13H12O4/c1-16-11-3-4-12-10(7-11)6-9(8-17-12)2-5-13(14)15/h2-7H,8H2,1H3,(H,14,15). The van der Waals surface area contributed by atoms with Crippen LogP contribution in [0.5, 0.6) is 11.5 Å². The average molecular weight is 232 g/mol. The normalized spacial score (nSPS) is 13.8. The van der Waals surface area contributed by atoms with Crippen LogP contribution >= 0.6 is 0 Å². The minimum atomic E-state index is -0.970. The van der Waals surface area contributed by atoms with E-state index < -0.39 is 5.97 Å². The number of hydrogen-bond acceptors (Lipinski definition) is 3. The zero-order chi connectivity index (χ0) is 12.3. The highest BCUT2D eigenvalue weighted by atomic mass is 16.5. The lowest BCUT2D eigenvalue weighted by atomic mass is 10.1. The highest BCUT2D eigenvalue weighted by molar-refractivity contribution is 5.81. The van der Waals surface area contributed by atoms with Crippen molar-refractivity contribution in [2.75, 3.05) is 13.7 Å². The van der Waals surface area contributed by atoms with Gasteiger partial charge in [-0.1, -0.05) is 0 Å². The summed E-state index contributed by atoms with van der Waals surface area (Å²) in [5.74, 6) is 0.549.